The average Bonchev–Trinajstić information content (AvgIpc) is 4.05. The van der Waals surface area contributed by atoms with Gasteiger partial charge in [-0.15, -0.1) is 0 Å². The quantitative estimate of drug-likeness (QED) is 0.0753. The van der Waals surface area contributed by atoms with Gasteiger partial charge in [-0.25, -0.2) is 19.6 Å². The number of alkyl carbamates (subject to hydrolysis) is 2. The van der Waals surface area contributed by atoms with Crippen LogP contribution >= 0.6 is 0 Å². The van der Waals surface area contributed by atoms with Gasteiger partial charge in [0, 0.05) is 25.6 Å². The third kappa shape index (κ3) is 9.73. The number of carbonyl (C=O) groups excluding carboxylic acids is 4. The van der Waals surface area contributed by atoms with E-state index in [2.05, 4.69) is 68.6 Å². The Morgan fingerprint density at radius 2 is 1.57 bits per heavy atom. The number of carbonyl (C=O) groups is 4. The van der Waals surface area contributed by atoms with Gasteiger partial charge in [-0.05, 0) is 63.6 Å². The molecule has 1 fully saturated rings. The number of ether oxygens (including phenoxy) is 3. The van der Waals surface area contributed by atoms with Crippen LogP contribution in [0.2, 0.25) is 0 Å². The first kappa shape index (κ1) is 44.1. The van der Waals surface area contributed by atoms with Crippen LogP contribution in [0.1, 0.15) is 56.5 Å². The molecule has 1 aliphatic rings. The highest BCUT2D eigenvalue weighted by Crippen LogP contribution is 2.38. The summed E-state index contributed by atoms with van der Waals surface area (Å²) in [5.74, 6) is 0.580. The molecule has 2 aromatic heterocycles. The summed E-state index contributed by atoms with van der Waals surface area (Å²) in [5.41, 5.74) is 6.90. The molecule has 15 nitrogen and oxygen atoms in total. The molecule has 0 radical (unpaired) electrons. The standard InChI is InChI=1S/C48H54N8O7/c1-28(2)40(53-47(59)62-6)45(57)55(25-29(3)27-61-5)26-39-49-24-38(50-39)32-15-13-31(14-16-32)34-17-19-36-35(23-34)18-20-37-42(36)52-44(51-37)43-30(4)21-22-56(43)46(58)41(54-48(60)63-7)33-11-9-8-10-12-33/h8-20,23-24,28-29,40-41,43H,4,21-22,25-27H2,1-3,5-7H3,(H,49,50)(H,51,52)(H,53,59)(H,54,60)/t29-,40-,41+,43-/m0/s1. The molecule has 0 saturated carbocycles. The minimum absolute atomic E-state index is 0.0446. The highest BCUT2D eigenvalue weighted by molar-refractivity contribution is 6.05. The fourth-order valence-electron chi connectivity index (χ4n) is 8.19. The zero-order chi connectivity index (χ0) is 44.8. The van der Waals surface area contributed by atoms with Crippen LogP contribution in [0.3, 0.4) is 0 Å². The first-order valence-corrected chi connectivity index (χ1v) is 21.0. The zero-order valence-electron chi connectivity index (χ0n) is 36.4. The van der Waals surface area contributed by atoms with Crippen molar-refractivity contribution in [3.63, 3.8) is 0 Å². The monoisotopic (exact) mass is 854 g/mol. The summed E-state index contributed by atoms with van der Waals surface area (Å²) in [6, 6.07) is 25.4. The lowest BCUT2D eigenvalue weighted by atomic mass is 9.99. The molecule has 3 heterocycles. The number of nitrogens with zero attached hydrogens (tertiary/aromatic N) is 4. The van der Waals surface area contributed by atoms with Crippen LogP contribution in [0.15, 0.2) is 103 Å². The largest absolute Gasteiger partial charge is 0.453 e. The van der Waals surface area contributed by atoms with E-state index in [0.717, 1.165) is 49.8 Å². The number of hydrogen-bond donors (Lipinski definition) is 4. The van der Waals surface area contributed by atoms with Gasteiger partial charge in [-0.2, -0.15) is 0 Å². The maximum atomic E-state index is 14.2. The average molecular weight is 855 g/mol. The highest BCUT2D eigenvalue weighted by atomic mass is 16.5. The molecular formula is C48H54N8O7. The van der Waals surface area contributed by atoms with Crippen LogP contribution in [0.5, 0.6) is 0 Å². The van der Waals surface area contributed by atoms with Gasteiger partial charge in [0.15, 0.2) is 0 Å². The van der Waals surface area contributed by atoms with Crippen LogP contribution in [-0.4, -0.2) is 101 Å². The molecule has 4 N–H and O–H groups in total. The molecule has 4 aromatic carbocycles. The van der Waals surface area contributed by atoms with Crippen molar-refractivity contribution in [3.05, 3.63) is 120 Å². The number of likely N-dealkylation sites (tertiary alicyclic amines) is 1. The van der Waals surface area contributed by atoms with Crippen molar-refractivity contribution in [3.8, 4) is 22.4 Å². The molecule has 0 unspecified atom stereocenters. The molecule has 0 aliphatic carbocycles. The predicted molar refractivity (Wildman–Crippen MR) is 240 cm³/mol. The number of fused-ring (bicyclic) bond motifs is 3. The molecule has 15 heteroatoms. The molecule has 328 valence electrons. The molecule has 7 rings (SSSR count). The van der Waals surface area contributed by atoms with E-state index < -0.39 is 30.3 Å². The fourth-order valence-corrected chi connectivity index (χ4v) is 8.19. The van der Waals surface area contributed by atoms with Crippen molar-refractivity contribution in [2.24, 2.45) is 11.8 Å². The van der Waals surface area contributed by atoms with Gasteiger partial charge in [0.2, 0.25) is 5.91 Å². The van der Waals surface area contributed by atoms with Crippen LogP contribution < -0.4 is 10.6 Å². The van der Waals surface area contributed by atoms with Crippen LogP contribution in [0, 0.1) is 11.8 Å². The fraction of sp³-hybridized carbons (Fsp3) is 0.333. The normalized spacial score (nSPS) is 15.3. The summed E-state index contributed by atoms with van der Waals surface area (Å²) in [5, 5.41) is 7.37. The SMILES string of the molecule is C=C1CCN(C(=O)[C@H](NC(=O)OC)c2ccccc2)[C@@H]1c1nc2c(ccc3cc(-c4ccc(-c5cnc(CN(C[C@H](C)COC)C(=O)[C@@H](NC(=O)OC)C(C)C)[nH]5)cc4)ccc32)[nH]1. The zero-order valence-corrected chi connectivity index (χ0v) is 36.4. The van der Waals surface area contributed by atoms with Gasteiger partial charge in [-0.3, -0.25) is 9.59 Å². The predicted octanol–water partition coefficient (Wildman–Crippen LogP) is 7.69. The van der Waals surface area contributed by atoms with Crippen molar-refractivity contribution in [1.29, 1.82) is 0 Å². The Kier molecular flexibility index (Phi) is 13.5. The Bertz CT molecular complexity index is 2600. The number of rotatable bonds is 15. The number of imidazole rings is 2. The lowest BCUT2D eigenvalue weighted by molar-refractivity contribution is -0.136. The summed E-state index contributed by atoms with van der Waals surface area (Å²) < 4.78 is 15.0. The first-order chi connectivity index (χ1) is 30.4. The van der Waals surface area contributed by atoms with E-state index in [1.807, 2.05) is 57.2 Å². The third-order valence-electron chi connectivity index (χ3n) is 11.4. The Morgan fingerprint density at radius 1 is 0.873 bits per heavy atom. The molecule has 1 aliphatic heterocycles. The molecule has 0 bridgehead atoms. The topological polar surface area (TPSA) is 184 Å². The summed E-state index contributed by atoms with van der Waals surface area (Å²) in [7, 11) is 4.17. The molecular weight excluding hydrogens is 801 g/mol. The summed E-state index contributed by atoms with van der Waals surface area (Å²) in [4.78, 5) is 72.4. The van der Waals surface area contributed by atoms with E-state index in [9.17, 15) is 19.2 Å². The van der Waals surface area contributed by atoms with Gasteiger partial charge < -0.3 is 44.6 Å². The van der Waals surface area contributed by atoms with Crippen LogP contribution in [0.25, 0.3) is 44.2 Å². The number of H-pyrrole nitrogens is 2. The van der Waals surface area contributed by atoms with E-state index in [1.165, 1.54) is 14.2 Å². The van der Waals surface area contributed by atoms with E-state index >= 15 is 0 Å². The third-order valence-corrected chi connectivity index (χ3v) is 11.4. The van der Waals surface area contributed by atoms with E-state index in [4.69, 9.17) is 19.2 Å². The Labute approximate surface area is 366 Å². The second-order valence-corrected chi connectivity index (χ2v) is 16.3. The molecule has 4 atom stereocenters. The van der Waals surface area contributed by atoms with Crippen molar-refractivity contribution >= 4 is 45.8 Å². The van der Waals surface area contributed by atoms with Crippen LogP contribution in [0.4, 0.5) is 9.59 Å². The maximum absolute atomic E-state index is 14.2. The van der Waals surface area contributed by atoms with E-state index in [0.29, 0.717) is 43.3 Å². The summed E-state index contributed by atoms with van der Waals surface area (Å²) in [6.45, 7) is 11.6. The molecule has 6 aromatic rings. The number of amides is 4. The minimum atomic E-state index is -0.947. The minimum Gasteiger partial charge on any atom is -0.453 e. The molecule has 63 heavy (non-hydrogen) atoms. The van der Waals surface area contributed by atoms with Gasteiger partial charge in [0.05, 0.1) is 50.3 Å². The van der Waals surface area contributed by atoms with Gasteiger partial charge >= 0.3 is 12.2 Å². The van der Waals surface area contributed by atoms with Crippen molar-refractivity contribution in [2.75, 3.05) is 41.0 Å². The lowest BCUT2D eigenvalue weighted by Gasteiger charge is -2.30. The lowest BCUT2D eigenvalue weighted by Crippen LogP contribution is -2.52. The van der Waals surface area contributed by atoms with Crippen molar-refractivity contribution in [2.45, 2.75) is 51.9 Å². The molecule has 0 spiro atoms. The Balaban J connectivity index is 1.09. The second-order valence-electron chi connectivity index (χ2n) is 16.3. The van der Waals surface area contributed by atoms with Gasteiger partial charge in [0.1, 0.15) is 29.8 Å². The Morgan fingerprint density at radius 3 is 2.27 bits per heavy atom. The highest BCUT2D eigenvalue weighted by Gasteiger charge is 2.39. The maximum Gasteiger partial charge on any atom is 0.407 e. The van der Waals surface area contributed by atoms with Crippen LogP contribution in [-0.2, 0) is 30.3 Å². The number of aromatic nitrogens is 4. The van der Waals surface area contributed by atoms with Gasteiger partial charge in [-0.1, -0.05) is 100 Å². The Hall–Kier alpha value is -7.00. The molecule has 1 saturated heterocycles. The van der Waals surface area contributed by atoms with E-state index in [1.54, 1.807) is 35.2 Å². The number of aromatic amines is 2. The molecule has 4 amide bonds. The number of hydrogen-bond acceptors (Lipinski definition) is 9. The van der Waals surface area contributed by atoms with Crippen molar-refractivity contribution < 1.29 is 33.4 Å². The van der Waals surface area contributed by atoms with Crippen molar-refractivity contribution in [1.82, 2.24) is 40.4 Å². The smallest absolute Gasteiger partial charge is 0.407 e. The number of nitrogens with one attached hydrogen (secondary N) is 4. The summed E-state index contributed by atoms with van der Waals surface area (Å²) >= 11 is 0. The van der Waals surface area contributed by atoms with Gasteiger partial charge in [0.25, 0.3) is 5.91 Å². The second kappa shape index (κ2) is 19.4. The summed E-state index contributed by atoms with van der Waals surface area (Å²) in [6.07, 6.45) is 0.996. The number of methoxy groups -OCH3 is 3. The number of benzene rings is 4. The van der Waals surface area contributed by atoms with E-state index in [-0.39, 0.29) is 30.2 Å². The first-order valence-electron chi connectivity index (χ1n) is 21.0.